The number of aromatic nitrogens is 2. The Morgan fingerprint density at radius 1 is 1.21 bits per heavy atom. The Morgan fingerprint density at radius 3 is 2.82 bits per heavy atom. The Bertz CT molecular complexity index is 845. The minimum atomic E-state index is -0.0163. The lowest BCUT2D eigenvalue weighted by molar-refractivity contribution is -0.130. The molecule has 2 aliphatic rings. The molecule has 1 aliphatic carbocycles. The average molecular weight is 380 g/mol. The number of nitrogens with zero attached hydrogens (tertiary/aromatic N) is 3. The molecule has 0 unspecified atom stereocenters. The van der Waals surface area contributed by atoms with E-state index < -0.39 is 0 Å². The molecule has 6 heteroatoms. The first-order valence-corrected chi connectivity index (χ1v) is 10.2. The number of hydrogen-bond donors (Lipinski definition) is 1. The van der Waals surface area contributed by atoms with Crippen molar-refractivity contribution in [1.82, 2.24) is 20.0 Å². The molecule has 0 radical (unpaired) electrons. The van der Waals surface area contributed by atoms with Gasteiger partial charge in [0.2, 0.25) is 11.8 Å². The third-order valence-corrected chi connectivity index (χ3v) is 5.98. The Kier molecular flexibility index (Phi) is 5.46. The first-order chi connectivity index (χ1) is 13.6. The summed E-state index contributed by atoms with van der Waals surface area (Å²) >= 11 is 0. The van der Waals surface area contributed by atoms with Gasteiger partial charge in [0, 0.05) is 45.1 Å². The van der Waals surface area contributed by atoms with Crippen LogP contribution in [0.3, 0.4) is 0 Å². The maximum absolute atomic E-state index is 12.7. The fraction of sp³-hybridized carbons (Fsp3) is 0.500. The number of nitrogens with one attached hydrogen (secondary N) is 1. The Balaban J connectivity index is 1.36. The largest absolute Gasteiger partial charge is 0.354 e. The average Bonchev–Trinajstić information content (AvgIpc) is 3.30. The maximum Gasteiger partial charge on any atom is 0.222 e. The van der Waals surface area contributed by atoms with Gasteiger partial charge in [0.15, 0.2) is 0 Å². The predicted octanol–water partition coefficient (Wildman–Crippen LogP) is 2.14. The first kappa shape index (κ1) is 18.7. The lowest BCUT2D eigenvalue weighted by Gasteiger charge is -2.22. The van der Waals surface area contributed by atoms with Gasteiger partial charge in [-0.2, -0.15) is 5.10 Å². The molecular formula is C22H28N4O2. The summed E-state index contributed by atoms with van der Waals surface area (Å²) in [5.74, 6) is 1.11. The number of hydrogen-bond acceptors (Lipinski definition) is 3. The van der Waals surface area contributed by atoms with Gasteiger partial charge < -0.3 is 10.2 Å². The molecule has 1 aromatic carbocycles. The maximum atomic E-state index is 12.7. The summed E-state index contributed by atoms with van der Waals surface area (Å²) in [5, 5.41) is 7.62. The van der Waals surface area contributed by atoms with Crippen LogP contribution in [0.5, 0.6) is 0 Å². The van der Waals surface area contributed by atoms with Gasteiger partial charge in [0.25, 0.3) is 0 Å². The summed E-state index contributed by atoms with van der Waals surface area (Å²) in [5.41, 5.74) is 3.69. The van der Waals surface area contributed by atoms with Gasteiger partial charge in [-0.05, 0) is 36.3 Å². The van der Waals surface area contributed by atoms with Crippen molar-refractivity contribution in [3.8, 4) is 0 Å². The fourth-order valence-electron chi connectivity index (χ4n) is 4.52. The molecule has 0 bridgehead atoms. The molecule has 0 saturated carbocycles. The van der Waals surface area contributed by atoms with Crippen LogP contribution in [0.4, 0.5) is 0 Å². The third-order valence-electron chi connectivity index (χ3n) is 5.98. The van der Waals surface area contributed by atoms with E-state index in [0.717, 1.165) is 38.0 Å². The van der Waals surface area contributed by atoms with Gasteiger partial charge in [0.1, 0.15) is 0 Å². The van der Waals surface area contributed by atoms with E-state index in [1.165, 1.54) is 18.1 Å². The van der Waals surface area contributed by atoms with Crippen molar-refractivity contribution in [3.05, 3.63) is 53.3 Å². The minimum Gasteiger partial charge on any atom is -0.354 e. The number of likely N-dealkylation sites (tertiary alicyclic amines) is 1. The molecule has 1 saturated heterocycles. The van der Waals surface area contributed by atoms with E-state index in [-0.39, 0.29) is 11.8 Å². The summed E-state index contributed by atoms with van der Waals surface area (Å²) in [6, 6.07) is 10.2. The molecular weight excluding hydrogens is 352 g/mol. The highest BCUT2D eigenvalue weighted by atomic mass is 16.2. The van der Waals surface area contributed by atoms with Crippen LogP contribution in [0.15, 0.2) is 36.5 Å². The summed E-state index contributed by atoms with van der Waals surface area (Å²) in [6.07, 6.45) is 5.64. The number of carbonyl (C=O) groups is 2. The molecule has 2 heterocycles. The molecule has 1 aromatic heterocycles. The second-order valence-corrected chi connectivity index (χ2v) is 7.98. The van der Waals surface area contributed by atoms with Gasteiger partial charge in [-0.25, -0.2) is 0 Å². The smallest absolute Gasteiger partial charge is 0.222 e. The zero-order valence-corrected chi connectivity index (χ0v) is 16.4. The van der Waals surface area contributed by atoms with E-state index in [9.17, 15) is 9.59 Å². The third kappa shape index (κ3) is 4.11. The minimum absolute atomic E-state index is 0.0163. The summed E-state index contributed by atoms with van der Waals surface area (Å²) < 4.78 is 1.95. The van der Waals surface area contributed by atoms with Gasteiger partial charge in [0.05, 0.1) is 12.2 Å². The van der Waals surface area contributed by atoms with E-state index in [1.54, 1.807) is 0 Å². The van der Waals surface area contributed by atoms with Crippen LogP contribution >= 0.6 is 0 Å². The molecule has 28 heavy (non-hydrogen) atoms. The van der Waals surface area contributed by atoms with Crippen LogP contribution in [0.1, 0.15) is 42.5 Å². The van der Waals surface area contributed by atoms with Crippen LogP contribution in [-0.2, 0) is 29.0 Å². The molecule has 2 amide bonds. The molecule has 0 spiro atoms. The van der Waals surface area contributed by atoms with Crippen LogP contribution in [-0.4, -0.2) is 46.1 Å². The van der Waals surface area contributed by atoms with Gasteiger partial charge in [-0.15, -0.1) is 0 Å². The zero-order chi connectivity index (χ0) is 19.5. The highest BCUT2D eigenvalue weighted by Crippen LogP contribution is 2.40. The predicted molar refractivity (Wildman–Crippen MR) is 107 cm³/mol. The van der Waals surface area contributed by atoms with Gasteiger partial charge in [-0.1, -0.05) is 30.3 Å². The number of amides is 2. The monoisotopic (exact) mass is 380 g/mol. The van der Waals surface area contributed by atoms with Crippen molar-refractivity contribution in [2.45, 2.75) is 45.1 Å². The van der Waals surface area contributed by atoms with Gasteiger partial charge >= 0.3 is 0 Å². The molecule has 2 atom stereocenters. The molecule has 6 nitrogen and oxygen atoms in total. The molecule has 1 aliphatic heterocycles. The summed E-state index contributed by atoms with van der Waals surface area (Å²) in [4.78, 5) is 25.8. The standard InChI is InChI=1S/C22H28N4O2/c1-16(27)23-11-12-26-14-19-9-8-18-13-25(15-20(18)22(19)24-26)21(28)10-7-17-5-3-2-4-6-17/h2-6,14,18,20H,7-13,15H2,1H3,(H,23,27)/t18-,20+/m1/s1. The fourth-order valence-corrected chi connectivity index (χ4v) is 4.52. The lowest BCUT2D eigenvalue weighted by Crippen LogP contribution is -2.29. The highest BCUT2D eigenvalue weighted by molar-refractivity contribution is 5.77. The van der Waals surface area contributed by atoms with Crippen LogP contribution in [0.2, 0.25) is 0 Å². The van der Waals surface area contributed by atoms with E-state index in [4.69, 9.17) is 5.10 Å². The normalized spacial score (nSPS) is 20.5. The van der Waals surface area contributed by atoms with Gasteiger partial charge in [-0.3, -0.25) is 14.3 Å². The quantitative estimate of drug-likeness (QED) is 0.835. The van der Waals surface area contributed by atoms with Crippen molar-refractivity contribution < 1.29 is 9.59 Å². The van der Waals surface area contributed by atoms with E-state index >= 15 is 0 Å². The number of aryl methyl sites for hydroxylation is 2. The van der Waals surface area contributed by atoms with E-state index in [2.05, 4.69) is 23.6 Å². The number of fused-ring (bicyclic) bond motifs is 3. The van der Waals surface area contributed by atoms with Crippen molar-refractivity contribution in [1.29, 1.82) is 0 Å². The molecule has 4 rings (SSSR count). The zero-order valence-electron chi connectivity index (χ0n) is 16.4. The Hall–Kier alpha value is -2.63. The SMILES string of the molecule is CC(=O)NCCn1cc2c(n1)[C@H]1CN(C(=O)CCc3ccccc3)C[C@H]1CC2. The molecule has 2 aromatic rings. The van der Waals surface area contributed by atoms with E-state index in [1.807, 2.05) is 27.8 Å². The van der Waals surface area contributed by atoms with Crippen molar-refractivity contribution >= 4 is 11.8 Å². The molecule has 1 fully saturated rings. The first-order valence-electron chi connectivity index (χ1n) is 10.2. The number of carbonyl (C=O) groups excluding carboxylic acids is 2. The lowest BCUT2D eigenvalue weighted by atomic mass is 9.81. The Morgan fingerprint density at radius 2 is 2.04 bits per heavy atom. The number of rotatable bonds is 6. The molecule has 148 valence electrons. The second kappa shape index (κ2) is 8.17. The summed E-state index contributed by atoms with van der Waals surface area (Å²) in [7, 11) is 0. The van der Waals surface area contributed by atoms with Crippen molar-refractivity contribution in [2.75, 3.05) is 19.6 Å². The highest BCUT2D eigenvalue weighted by Gasteiger charge is 2.40. The second-order valence-electron chi connectivity index (χ2n) is 7.98. The van der Waals surface area contributed by atoms with Crippen molar-refractivity contribution in [3.63, 3.8) is 0 Å². The van der Waals surface area contributed by atoms with Crippen LogP contribution < -0.4 is 5.32 Å². The van der Waals surface area contributed by atoms with E-state index in [0.29, 0.717) is 31.3 Å². The summed E-state index contributed by atoms with van der Waals surface area (Å²) in [6.45, 7) is 4.45. The number of benzene rings is 1. The van der Waals surface area contributed by atoms with Crippen LogP contribution in [0.25, 0.3) is 0 Å². The molecule has 1 N–H and O–H groups in total. The van der Waals surface area contributed by atoms with Crippen molar-refractivity contribution in [2.24, 2.45) is 5.92 Å². The Labute approximate surface area is 165 Å². The topological polar surface area (TPSA) is 67.2 Å². The van der Waals surface area contributed by atoms with Crippen LogP contribution in [0, 0.1) is 5.92 Å².